The van der Waals surface area contributed by atoms with Crippen LogP contribution in [0.3, 0.4) is 0 Å². The summed E-state index contributed by atoms with van der Waals surface area (Å²) in [6, 6.07) is 3.90. The molecule has 2 heterocycles. The zero-order chi connectivity index (χ0) is 20.8. The number of hydrogen-bond acceptors (Lipinski definition) is 5. The second-order valence-electron chi connectivity index (χ2n) is 6.67. The third kappa shape index (κ3) is 6.00. The Balaban J connectivity index is 0.00000320. The van der Waals surface area contributed by atoms with Gasteiger partial charge in [0.15, 0.2) is 5.96 Å². The van der Waals surface area contributed by atoms with Crippen LogP contribution in [0.25, 0.3) is 0 Å². The van der Waals surface area contributed by atoms with Crippen molar-refractivity contribution in [2.75, 3.05) is 38.1 Å². The molecule has 0 spiro atoms. The minimum Gasteiger partial charge on any atom is -0.365 e. The van der Waals surface area contributed by atoms with Crippen molar-refractivity contribution in [3.63, 3.8) is 0 Å². The summed E-state index contributed by atoms with van der Waals surface area (Å²) in [4.78, 5) is 22.6. The molecule has 1 fully saturated rings. The maximum Gasteiger partial charge on any atom is 0.263 e. The SMILES string of the molecule is CN=C(NCCNC(=O)c1scnc1C)NC1CCN(c2c(F)cccc2F)C1.I. The van der Waals surface area contributed by atoms with Gasteiger partial charge in [-0.1, -0.05) is 6.07 Å². The molecule has 0 radical (unpaired) electrons. The van der Waals surface area contributed by atoms with Crippen molar-refractivity contribution in [3.8, 4) is 0 Å². The average molecular weight is 550 g/mol. The van der Waals surface area contributed by atoms with Crippen molar-refractivity contribution in [1.29, 1.82) is 0 Å². The van der Waals surface area contributed by atoms with E-state index in [9.17, 15) is 13.6 Å². The van der Waals surface area contributed by atoms with Crippen LogP contribution in [0.4, 0.5) is 14.5 Å². The molecule has 30 heavy (non-hydrogen) atoms. The molecule has 1 saturated heterocycles. The largest absolute Gasteiger partial charge is 0.365 e. The molecule has 1 atom stereocenters. The van der Waals surface area contributed by atoms with Crippen LogP contribution in [-0.2, 0) is 0 Å². The van der Waals surface area contributed by atoms with Crippen molar-refractivity contribution < 1.29 is 13.6 Å². The minimum absolute atomic E-state index is 0. The first kappa shape index (κ1) is 24.3. The molecule has 1 aromatic carbocycles. The van der Waals surface area contributed by atoms with E-state index < -0.39 is 11.6 Å². The molecule has 1 amide bonds. The van der Waals surface area contributed by atoms with E-state index >= 15 is 0 Å². The predicted molar refractivity (Wildman–Crippen MR) is 126 cm³/mol. The molecule has 1 aliphatic heterocycles. The lowest BCUT2D eigenvalue weighted by molar-refractivity contribution is 0.0957. The number of thiazole rings is 1. The van der Waals surface area contributed by atoms with E-state index in [1.807, 2.05) is 0 Å². The number of rotatable bonds is 6. The van der Waals surface area contributed by atoms with E-state index in [1.165, 1.54) is 29.5 Å². The lowest BCUT2D eigenvalue weighted by atomic mass is 10.2. The summed E-state index contributed by atoms with van der Waals surface area (Å²) in [6.45, 7) is 3.74. The number of amides is 1. The van der Waals surface area contributed by atoms with Gasteiger partial charge in [0.1, 0.15) is 22.2 Å². The zero-order valence-electron chi connectivity index (χ0n) is 16.7. The van der Waals surface area contributed by atoms with Gasteiger partial charge in [0, 0.05) is 39.3 Å². The molecule has 164 valence electrons. The lowest BCUT2D eigenvalue weighted by Gasteiger charge is -2.21. The summed E-state index contributed by atoms with van der Waals surface area (Å²) in [6.07, 6.45) is 0.732. The van der Waals surface area contributed by atoms with Crippen LogP contribution < -0.4 is 20.9 Å². The summed E-state index contributed by atoms with van der Waals surface area (Å²) < 4.78 is 28.0. The first-order valence-corrected chi connectivity index (χ1v) is 10.2. The van der Waals surface area contributed by atoms with Gasteiger partial charge in [-0.2, -0.15) is 0 Å². The molecule has 0 bridgehead atoms. The Morgan fingerprint density at radius 1 is 1.30 bits per heavy atom. The standard InChI is InChI=1S/C19H24F2N6OS.HI/c1-12-17(29-11-25-12)18(28)23-7-8-24-19(22-2)26-13-6-9-27(10-13)16-14(20)4-3-5-15(16)21;/h3-5,11,13H,6-10H2,1-2H3,(H,23,28)(H2,22,24,26);1H. The maximum atomic E-state index is 14.0. The van der Waals surface area contributed by atoms with E-state index in [0.717, 1.165) is 12.1 Å². The first-order chi connectivity index (χ1) is 14.0. The van der Waals surface area contributed by atoms with Gasteiger partial charge in [-0.25, -0.2) is 13.8 Å². The fourth-order valence-corrected chi connectivity index (χ4v) is 3.94. The third-order valence-corrected chi connectivity index (χ3v) is 5.59. The van der Waals surface area contributed by atoms with Crippen molar-refractivity contribution in [1.82, 2.24) is 20.9 Å². The quantitative estimate of drug-likeness (QED) is 0.223. The monoisotopic (exact) mass is 550 g/mol. The molecule has 3 N–H and O–H groups in total. The number of guanidine groups is 1. The topological polar surface area (TPSA) is 81.6 Å². The van der Waals surface area contributed by atoms with E-state index in [-0.39, 0.29) is 41.6 Å². The smallest absolute Gasteiger partial charge is 0.263 e. The van der Waals surface area contributed by atoms with Crippen molar-refractivity contribution >= 4 is 52.9 Å². The van der Waals surface area contributed by atoms with E-state index in [1.54, 1.807) is 24.4 Å². The number of aryl methyl sites for hydroxylation is 1. The molecule has 11 heteroatoms. The number of halogens is 3. The summed E-state index contributed by atoms with van der Waals surface area (Å²) in [5.41, 5.74) is 2.38. The van der Waals surface area contributed by atoms with Crippen molar-refractivity contribution in [2.45, 2.75) is 19.4 Å². The Morgan fingerprint density at radius 2 is 2.00 bits per heavy atom. The van der Waals surface area contributed by atoms with Gasteiger partial charge in [-0.3, -0.25) is 9.79 Å². The van der Waals surface area contributed by atoms with Crippen LogP contribution in [0.5, 0.6) is 0 Å². The number of para-hydroxylation sites is 1. The maximum absolute atomic E-state index is 14.0. The van der Waals surface area contributed by atoms with Crippen LogP contribution in [-0.4, -0.2) is 56.1 Å². The number of nitrogens with one attached hydrogen (secondary N) is 3. The Kier molecular flexibility index (Phi) is 9.21. The number of carbonyl (C=O) groups is 1. The first-order valence-electron chi connectivity index (χ1n) is 9.34. The fraction of sp³-hybridized carbons (Fsp3) is 0.421. The van der Waals surface area contributed by atoms with Crippen LogP contribution in [0, 0.1) is 18.6 Å². The summed E-state index contributed by atoms with van der Waals surface area (Å²) in [5, 5.41) is 9.23. The zero-order valence-corrected chi connectivity index (χ0v) is 19.9. The Labute approximate surface area is 195 Å². The normalized spacial score (nSPS) is 16.2. The molecule has 1 unspecified atom stereocenters. The van der Waals surface area contributed by atoms with E-state index in [0.29, 0.717) is 37.0 Å². The fourth-order valence-electron chi connectivity index (χ4n) is 3.22. The molecular formula is C19H25F2IN6OS. The van der Waals surface area contributed by atoms with E-state index in [2.05, 4.69) is 25.9 Å². The summed E-state index contributed by atoms with van der Waals surface area (Å²) in [5.74, 6) is -0.678. The Hall–Kier alpha value is -2.02. The number of anilines is 1. The average Bonchev–Trinajstić information content (AvgIpc) is 3.33. The summed E-state index contributed by atoms with van der Waals surface area (Å²) >= 11 is 1.31. The molecule has 1 aliphatic rings. The minimum atomic E-state index is -0.555. The number of nitrogens with zero attached hydrogens (tertiary/aromatic N) is 3. The molecule has 3 rings (SSSR count). The van der Waals surface area contributed by atoms with Crippen LogP contribution in [0.15, 0.2) is 28.7 Å². The van der Waals surface area contributed by atoms with Gasteiger partial charge in [0.2, 0.25) is 0 Å². The van der Waals surface area contributed by atoms with Crippen LogP contribution >= 0.6 is 35.3 Å². The van der Waals surface area contributed by atoms with Gasteiger partial charge in [0.05, 0.1) is 11.2 Å². The van der Waals surface area contributed by atoms with Crippen LogP contribution in [0.2, 0.25) is 0 Å². The van der Waals surface area contributed by atoms with Gasteiger partial charge in [-0.15, -0.1) is 35.3 Å². The Bertz CT molecular complexity index is 873. The number of hydrogen-bond donors (Lipinski definition) is 3. The van der Waals surface area contributed by atoms with Gasteiger partial charge < -0.3 is 20.9 Å². The number of benzene rings is 1. The number of carbonyl (C=O) groups excluding carboxylic acids is 1. The highest BCUT2D eigenvalue weighted by atomic mass is 127. The molecule has 0 saturated carbocycles. The number of aromatic nitrogens is 1. The third-order valence-electron chi connectivity index (χ3n) is 4.66. The highest BCUT2D eigenvalue weighted by Crippen LogP contribution is 2.26. The van der Waals surface area contributed by atoms with Gasteiger partial charge >= 0.3 is 0 Å². The predicted octanol–water partition coefficient (Wildman–Crippen LogP) is 2.52. The van der Waals surface area contributed by atoms with Crippen molar-refractivity contribution in [2.24, 2.45) is 4.99 Å². The highest BCUT2D eigenvalue weighted by Gasteiger charge is 2.27. The second kappa shape index (κ2) is 11.4. The lowest BCUT2D eigenvalue weighted by Crippen LogP contribution is -2.46. The van der Waals surface area contributed by atoms with E-state index in [4.69, 9.17) is 0 Å². The second-order valence-corrected chi connectivity index (χ2v) is 7.52. The van der Waals surface area contributed by atoms with Gasteiger partial charge in [0.25, 0.3) is 5.91 Å². The summed E-state index contributed by atoms with van der Waals surface area (Å²) in [7, 11) is 1.65. The Morgan fingerprint density at radius 3 is 2.63 bits per heavy atom. The molecule has 7 nitrogen and oxygen atoms in total. The molecule has 0 aliphatic carbocycles. The van der Waals surface area contributed by atoms with Gasteiger partial charge in [-0.05, 0) is 25.5 Å². The molecule has 1 aromatic heterocycles. The molecule has 2 aromatic rings. The highest BCUT2D eigenvalue weighted by molar-refractivity contribution is 14.0. The number of aliphatic imine (C=N–C) groups is 1. The van der Waals surface area contributed by atoms with Crippen LogP contribution in [0.1, 0.15) is 21.8 Å². The van der Waals surface area contributed by atoms with Crippen molar-refractivity contribution in [3.05, 3.63) is 45.9 Å². The molecular weight excluding hydrogens is 525 g/mol.